The van der Waals surface area contributed by atoms with Gasteiger partial charge in [0.15, 0.2) is 0 Å². The van der Waals surface area contributed by atoms with E-state index in [1.807, 2.05) is 0 Å². The maximum Gasteiger partial charge on any atom is 0.0117 e. The third kappa shape index (κ3) is 5.28. The van der Waals surface area contributed by atoms with Crippen molar-refractivity contribution in [3.8, 4) is 0 Å². The molecule has 0 aromatic carbocycles. The lowest BCUT2D eigenvalue weighted by Gasteiger charge is -2.35. The molecule has 1 N–H and O–H groups in total. The van der Waals surface area contributed by atoms with Gasteiger partial charge in [-0.05, 0) is 72.5 Å². The normalized spacial score (nSPS) is 19.5. The molecule has 0 aromatic rings. The van der Waals surface area contributed by atoms with Crippen LogP contribution in [0.5, 0.6) is 0 Å². The molecule has 1 saturated heterocycles. The fraction of sp³-hybridized carbons (Fsp3) is 1.00. The van der Waals surface area contributed by atoms with E-state index < -0.39 is 0 Å². The Balaban J connectivity index is 2.03. The quantitative estimate of drug-likeness (QED) is 0.663. The molecule has 0 bridgehead atoms. The lowest BCUT2D eigenvalue weighted by molar-refractivity contribution is 0.143. The summed E-state index contributed by atoms with van der Waals surface area (Å²) < 4.78 is 0. The minimum absolute atomic E-state index is 0.829. The molecule has 0 atom stereocenters. The zero-order chi connectivity index (χ0) is 11.8. The fourth-order valence-corrected chi connectivity index (χ4v) is 2.41. The van der Waals surface area contributed by atoms with Gasteiger partial charge in [0.1, 0.15) is 0 Å². The Morgan fingerprint density at radius 1 is 1.25 bits per heavy atom. The molecule has 3 heteroatoms. The van der Waals surface area contributed by atoms with Crippen molar-refractivity contribution in [2.75, 3.05) is 46.8 Å². The van der Waals surface area contributed by atoms with Gasteiger partial charge in [0.2, 0.25) is 0 Å². The van der Waals surface area contributed by atoms with Crippen molar-refractivity contribution in [2.45, 2.75) is 38.6 Å². The van der Waals surface area contributed by atoms with E-state index in [2.05, 4.69) is 36.1 Å². The van der Waals surface area contributed by atoms with Crippen LogP contribution in [0.25, 0.3) is 0 Å². The van der Waals surface area contributed by atoms with E-state index >= 15 is 0 Å². The van der Waals surface area contributed by atoms with Crippen molar-refractivity contribution < 1.29 is 0 Å². The topological polar surface area (TPSA) is 18.5 Å². The van der Waals surface area contributed by atoms with E-state index in [0.717, 1.165) is 12.6 Å². The summed E-state index contributed by atoms with van der Waals surface area (Å²) in [5, 5.41) is 3.38. The highest BCUT2D eigenvalue weighted by atomic mass is 15.2. The highest BCUT2D eigenvalue weighted by Crippen LogP contribution is 2.14. The Bertz CT molecular complexity index is 165. The second-order valence-electron chi connectivity index (χ2n) is 5.08. The van der Waals surface area contributed by atoms with E-state index in [9.17, 15) is 0 Å². The molecule has 0 aliphatic carbocycles. The van der Waals surface area contributed by atoms with Crippen LogP contribution in [-0.2, 0) is 0 Å². The first-order valence-electron chi connectivity index (χ1n) is 6.83. The van der Waals surface area contributed by atoms with Crippen LogP contribution in [0.4, 0.5) is 0 Å². The van der Waals surface area contributed by atoms with Crippen molar-refractivity contribution in [3.63, 3.8) is 0 Å². The summed E-state index contributed by atoms with van der Waals surface area (Å²) in [5.41, 5.74) is 0. The van der Waals surface area contributed by atoms with Gasteiger partial charge in [-0.1, -0.05) is 6.92 Å². The van der Waals surface area contributed by atoms with Crippen LogP contribution in [0.15, 0.2) is 0 Å². The van der Waals surface area contributed by atoms with Gasteiger partial charge in [0.25, 0.3) is 0 Å². The third-order valence-electron chi connectivity index (χ3n) is 3.68. The Labute approximate surface area is 101 Å². The van der Waals surface area contributed by atoms with Gasteiger partial charge in [-0.15, -0.1) is 0 Å². The molecule has 16 heavy (non-hydrogen) atoms. The summed E-state index contributed by atoms with van der Waals surface area (Å²) in [4.78, 5) is 5.01. The van der Waals surface area contributed by atoms with Gasteiger partial charge < -0.3 is 15.1 Å². The highest BCUT2D eigenvalue weighted by molar-refractivity contribution is 4.76. The molecule has 0 radical (unpaired) electrons. The van der Waals surface area contributed by atoms with Crippen LogP contribution < -0.4 is 5.32 Å². The van der Waals surface area contributed by atoms with Gasteiger partial charge in [-0.25, -0.2) is 0 Å². The van der Waals surface area contributed by atoms with Crippen LogP contribution >= 0.6 is 0 Å². The molecule has 0 spiro atoms. The van der Waals surface area contributed by atoms with E-state index in [0.29, 0.717) is 0 Å². The van der Waals surface area contributed by atoms with E-state index in [1.165, 1.54) is 51.9 Å². The maximum atomic E-state index is 3.38. The third-order valence-corrected chi connectivity index (χ3v) is 3.68. The molecular formula is C13H29N3. The van der Waals surface area contributed by atoms with Gasteiger partial charge in [0, 0.05) is 6.04 Å². The number of hydrogen-bond acceptors (Lipinski definition) is 3. The summed E-state index contributed by atoms with van der Waals surface area (Å²) in [6.07, 6.45) is 5.33. The van der Waals surface area contributed by atoms with Gasteiger partial charge >= 0.3 is 0 Å². The van der Waals surface area contributed by atoms with Crippen LogP contribution in [-0.4, -0.2) is 62.7 Å². The molecule has 0 aromatic heterocycles. The molecule has 0 saturated carbocycles. The van der Waals surface area contributed by atoms with Gasteiger partial charge in [0.05, 0.1) is 0 Å². The number of hydrogen-bond donors (Lipinski definition) is 1. The highest BCUT2D eigenvalue weighted by Gasteiger charge is 2.19. The number of rotatable bonds is 7. The summed E-state index contributed by atoms with van der Waals surface area (Å²) in [6.45, 7) is 8.26. The largest absolute Gasteiger partial charge is 0.317 e. The summed E-state index contributed by atoms with van der Waals surface area (Å²) >= 11 is 0. The first-order chi connectivity index (χ1) is 7.74. The maximum absolute atomic E-state index is 3.38. The first kappa shape index (κ1) is 13.9. The Morgan fingerprint density at radius 3 is 2.56 bits per heavy atom. The number of nitrogens with zero attached hydrogens (tertiary/aromatic N) is 2. The van der Waals surface area contributed by atoms with E-state index in [-0.39, 0.29) is 0 Å². The van der Waals surface area contributed by atoms with Crippen LogP contribution in [0.1, 0.15) is 32.6 Å². The molecule has 1 heterocycles. The second kappa shape index (κ2) is 8.04. The van der Waals surface area contributed by atoms with Gasteiger partial charge in [-0.2, -0.15) is 0 Å². The molecular weight excluding hydrogens is 198 g/mol. The summed E-state index contributed by atoms with van der Waals surface area (Å²) in [5.74, 6) is 0. The van der Waals surface area contributed by atoms with Crippen LogP contribution in [0, 0.1) is 0 Å². The van der Waals surface area contributed by atoms with Gasteiger partial charge in [-0.3, -0.25) is 0 Å². The molecule has 3 nitrogen and oxygen atoms in total. The smallest absolute Gasteiger partial charge is 0.0117 e. The molecule has 0 amide bonds. The minimum atomic E-state index is 0.829. The molecule has 0 unspecified atom stereocenters. The minimum Gasteiger partial charge on any atom is -0.317 e. The molecule has 1 aliphatic heterocycles. The van der Waals surface area contributed by atoms with Crippen LogP contribution in [0.2, 0.25) is 0 Å². The molecule has 1 aliphatic rings. The van der Waals surface area contributed by atoms with Crippen molar-refractivity contribution in [1.82, 2.24) is 15.1 Å². The van der Waals surface area contributed by atoms with Crippen molar-refractivity contribution in [1.29, 1.82) is 0 Å². The Hall–Kier alpha value is -0.120. The number of nitrogens with one attached hydrogen (secondary N) is 1. The standard InChI is InChI=1S/C13H29N3/c1-4-14-9-5-6-10-16(3)13-7-11-15(2)12-8-13/h13-14H,4-12H2,1-3H3. The van der Waals surface area contributed by atoms with Crippen LogP contribution in [0.3, 0.4) is 0 Å². The van der Waals surface area contributed by atoms with E-state index in [1.54, 1.807) is 0 Å². The molecule has 1 fully saturated rings. The number of piperidine rings is 1. The van der Waals surface area contributed by atoms with E-state index in [4.69, 9.17) is 0 Å². The average molecular weight is 227 g/mol. The van der Waals surface area contributed by atoms with Crippen molar-refractivity contribution >= 4 is 0 Å². The Morgan fingerprint density at radius 2 is 1.94 bits per heavy atom. The van der Waals surface area contributed by atoms with Crippen molar-refractivity contribution in [3.05, 3.63) is 0 Å². The average Bonchev–Trinajstić information content (AvgIpc) is 2.29. The Kier molecular flexibility index (Phi) is 7.01. The lowest BCUT2D eigenvalue weighted by Crippen LogP contribution is -2.42. The predicted molar refractivity (Wildman–Crippen MR) is 70.9 cm³/mol. The monoisotopic (exact) mass is 227 g/mol. The van der Waals surface area contributed by atoms with Crippen molar-refractivity contribution in [2.24, 2.45) is 0 Å². The number of likely N-dealkylation sites (tertiary alicyclic amines) is 1. The zero-order valence-electron chi connectivity index (χ0n) is 11.3. The first-order valence-corrected chi connectivity index (χ1v) is 6.83. The second-order valence-corrected chi connectivity index (χ2v) is 5.08. The molecule has 96 valence electrons. The number of unbranched alkanes of at least 4 members (excludes halogenated alkanes) is 1. The summed E-state index contributed by atoms with van der Waals surface area (Å²) in [6, 6.07) is 0.829. The zero-order valence-corrected chi connectivity index (χ0v) is 11.3. The predicted octanol–water partition coefficient (Wildman–Crippen LogP) is 1.40. The lowest BCUT2D eigenvalue weighted by atomic mass is 10.0. The summed E-state index contributed by atoms with van der Waals surface area (Å²) in [7, 11) is 4.52. The molecule has 1 rings (SSSR count). The SMILES string of the molecule is CCNCCCCN(C)C1CCN(C)CC1. The fourth-order valence-electron chi connectivity index (χ4n) is 2.41.